The predicted molar refractivity (Wildman–Crippen MR) is 127 cm³/mol. The van der Waals surface area contributed by atoms with Crippen molar-refractivity contribution in [1.82, 2.24) is 0 Å². The molecule has 0 unspecified atom stereocenters. The number of aliphatic hydroxyl groups is 6. The zero-order valence-electron chi connectivity index (χ0n) is 20.6. The molecular weight excluding hydrogens is 520 g/mol. The molecule has 1 aliphatic carbocycles. The molecule has 2 fully saturated rings. The highest BCUT2D eigenvalue weighted by Gasteiger charge is 2.47. The summed E-state index contributed by atoms with van der Waals surface area (Å²) in [6, 6.07) is 7.41. The molecule has 0 bridgehead atoms. The number of hydrogen-bond donors (Lipinski definition) is 7. The van der Waals surface area contributed by atoms with E-state index in [2.05, 4.69) is 0 Å². The zero-order chi connectivity index (χ0) is 28.2. The first-order chi connectivity index (χ1) is 18.5. The second-order valence-corrected chi connectivity index (χ2v) is 9.69. The first-order valence-corrected chi connectivity index (χ1v) is 12.2. The smallest absolute Gasteiger partial charge is 0.229 e. The minimum absolute atomic E-state index is 0.0600. The predicted octanol–water partition coefficient (Wildman–Crippen LogP) is -1.88. The van der Waals surface area contributed by atoms with Crippen molar-refractivity contribution in [3.63, 3.8) is 0 Å². The van der Waals surface area contributed by atoms with E-state index in [9.17, 15) is 45.3 Å². The molecule has 0 aromatic heterocycles. The SMILES string of the molecule is Cc1c(O[C@H]2O[C@H](CO[C@H]3OC[C@H](O)[C@@H](O)[C@H]3O)[C@H](O)[C@@H](O)[C@H]2O)cc2c(c1O)C(=O)c1ccccc1C2=O. The Balaban J connectivity index is 1.37. The summed E-state index contributed by atoms with van der Waals surface area (Å²) in [5, 5.41) is 71.6. The van der Waals surface area contributed by atoms with Crippen LogP contribution in [0.4, 0.5) is 0 Å². The van der Waals surface area contributed by atoms with E-state index in [1.807, 2.05) is 0 Å². The number of phenols is 1. The van der Waals surface area contributed by atoms with Gasteiger partial charge in [0.25, 0.3) is 0 Å². The maximum absolute atomic E-state index is 13.1. The molecule has 13 heteroatoms. The van der Waals surface area contributed by atoms with E-state index < -0.39 is 79.2 Å². The lowest BCUT2D eigenvalue weighted by Crippen LogP contribution is -2.61. The number of aliphatic hydroxyl groups excluding tert-OH is 6. The molecule has 2 aliphatic heterocycles. The molecule has 0 amide bonds. The lowest BCUT2D eigenvalue weighted by atomic mass is 9.82. The van der Waals surface area contributed by atoms with Crippen LogP contribution in [0.1, 0.15) is 37.4 Å². The van der Waals surface area contributed by atoms with Crippen molar-refractivity contribution < 1.29 is 64.3 Å². The number of carbonyl (C=O) groups is 2. The quantitative estimate of drug-likeness (QED) is 0.186. The van der Waals surface area contributed by atoms with Crippen LogP contribution in [-0.2, 0) is 14.2 Å². The van der Waals surface area contributed by atoms with Crippen molar-refractivity contribution in [2.75, 3.05) is 13.2 Å². The molecule has 3 aliphatic rings. The first-order valence-electron chi connectivity index (χ1n) is 12.2. The topological polar surface area (TPSA) is 213 Å². The van der Waals surface area contributed by atoms with E-state index in [0.717, 1.165) is 0 Å². The molecule has 0 radical (unpaired) electrons. The summed E-state index contributed by atoms with van der Waals surface area (Å²) in [7, 11) is 0. The van der Waals surface area contributed by atoms with Crippen molar-refractivity contribution in [3.05, 3.63) is 58.1 Å². The largest absolute Gasteiger partial charge is 0.507 e. The normalized spacial score (nSPS) is 34.4. The first kappa shape index (κ1) is 27.6. The van der Waals surface area contributed by atoms with Gasteiger partial charge in [0.05, 0.1) is 18.8 Å². The Morgan fingerprint density at radius 2 is 1.49 bits per heavy atom. The van der Waals surface area contributed by atoms with Gasteiger partial charge in [0.2, 0.25) is 6.29 Å². The Bertz CT molecular complexity index is 1280. The van der Waals surface area contributed by atoms with Gasteiger partial charge in [-0.25, -0.2) is 0 Å². The van der Waals surface area contributed by atoms with Crippen molar-refractivity contribution in [2.45, 2.75) is 62.2 Å². The molecule has 7 N–H and O–H groups in total. The van der Waals surface area contributed by atoms with Gasteiger partial charge < -0.3 is 54.7 Å². The standard InChI is InChI=1S/C26H28O13/c1-9-14(6-12-16(17(9)28)19(30)11-5-3-2-4-10(11)18(12)29)38-26-24(35)22(33)21(32)15(39-26)8-37-25-23(34)20(31)13(27)7-36-25/h2-6,13,15,20-28,31-35H,7-8H2,1H3/t13-,15+,20+,21-,22+,23+,24+,25+,26-/m0/s1. The second kappa shape index (κ2) is 10.5. The monoisotopic (exact) mass is 548 g/mol. The van der Waals surface area contributed by atoms with Gasteiger partial charge in [-0.1, -0.05) is 24.3 Å². The summed E-state index contributed by atoms with van der Waals surface area (Å²) in [6.07, 6.45) is -14.0. The molecule has 2 saturated heterocycles. The third-order valence-electron chi connectivity index (χ3n) is 7.19. The van der Waals surface area contributed by atoms with Crippen LogP contribution >= 0.6 is 0 Å². The number of carbonyl (C=O) groups excluding carboxylic acids is 2. The number of phenolic OH excluding ortho intramolecular Hbond substituents is 1. The fourth-order valence-electron chi connectivity index (χ4n) is 4.83. The van der Waals surface area contributed by atoms with Crippen LogP contribution in [0.15, 0.2) is 30.3 Å². The molecule has 210 valence electrons. The van der Waals surface area contributed by atoms with E-state index >= 15 is 0 Å². The van der Waals surface area contributed by atoms with Gasteiger partial charge in [-0.2, -0.15) is 0 Å². The zero-order valence-corrected chi connectivity index (χ0v) is 20.6. The number of ether oxygens (including phenoxy) is 4. The minimum atomic E-state index is -1.78. The molecule has 5 rings (SSSR count). The van der Waals surface area contributed by atoms with Crippen LogP contribution in [0.5, 0.6) is 11.5 Å². The highest BCUT2D eigenvalue weighted by Crippen LogP contribution is 2.40. The van der Waals surface area contributed by atoms with E-state index in [1.165, 1.54) is 25.1 Å². The van der Waals surface area contributed by atoms with Crippen molar-refractivity contribution in [3.8, 4) is 11.5 Å². The van der Waals surface area contributed by atoms with Crippen LogP contribution in [-0.4, -0.2) is 116 Å². The molecular formula is C26H28O13. The van der Waals surface area contributed by atoms with Gasteiger partial charge >= 0.3 is 0 Å². The Morgan fingerprint density at radius 1 is 0.846 bits per heavy atom. The molecule has 9 atom stereocenters. The van der Waals surface area contributed by atoms with Crippen LogP contribution < -0.4 is 4.74 Å². The van der Waals surface area contributed by atoms with Crippen LogP contribution in [0, 0.1) is 6.92 Å². The van der Waals surface area contributed by atoms with E-state index in [0.29, 0.717) is 0 Å². The molecule has 13 nitrogen and oxygen atoms in total. The average molecular weight is 548 g/mol. The van der Waals surface area contributed by atoms with Gasteiger partial charge in [0.15, 0.2) is 17.9 Å². The average Bonchev–Trinajstić information content (AvgIpc) is 2.93. The summed E-state index contributed by atoms with van der Waals surface area (Å²) in [6.45, 7) is 0.607. The van der Waals surface area contributed by atoms with E-state index in [4.69, 9.17) is 18.9 Å². The highest BCUT2D eigenvalue weighted by molar-refractivity contribution is 6.29. The number of benzene rings is 2. The van der Waals surface area contributed by atoms with Gasteiger partial charge in [-0.05, 0) is 13.0 Å². The fraction of sp³-hybridized carbons (Fsp3) is 0.462. The molecule has 0 spiro atoms. The second-order valence-electron chi connectivity index (χ2n) is 9.69. The summed E-state index contributed by atoms with van der Waals surface area (Å²) in [4.78, 5) is 26.1. The Kier molecular flexibility index (Phi) is 7.45. The molecule has 2 heterocycles. The minimum Gasteiger partial charge on any atom is -0.507 e. The van der Waals surface area contributed by atoms with E-state index in [1.54, 1.807) is 12.1 Å². The maximum Gasteiger partial charge on any atom is 0.229 e. The van der Waals surface area contributed by atoms with Gasteiger partial charge in [0.1, 0.15) is 54.2 Å². The number of hydrogen-bond acceptors (Lipinski definition) is 13. The molecule has 39 heavy (non-hydrogen) atoms. The fourth-order valence-corrected chi connectivity index (χ4v) is 4.83. The van der Waals surface area contributed by atoms with Crippen LogP contribution in [0.25, 0.3) is 0 Å². The molecule has 2 aromatic rings. The lowest BCUT2D eigenvalue weighted by Gasteiger charge is -2.41. The maximum atomic E-state index is 13.1. The summed E-state index contributed by atoms with van der Waals surface area (Å²) in [5.41, 5.74) is 0.0577. The third-order valence-corrected chi connectivity index (χ3v) is 7.19. The summed E-state index contributed by atoms with van der Waals surface area (Å²) in [5.74, 6) is -1.68. The lowest BCUT2D eigenvalue weighted by molar-refractivity contribution is -0.307. The van der Waals surface area contributed by atoms with Crippen molar-refractivity contribution in [2.24, 2.45) is 0 Å². The van der Waals surface area contributed by atoms with Crippen LogP contribution in [0.3, 0.4) is 0 Å². The van der Waals surface area contributed by atoms with Crippen molar-refractivity contribution in [1.29, 1.82) is 0 Å². The number of fused-ring (bicyclic) bond motifs is 2. The van der Waals surface area contributed by atoms with Gasteiger partial charge in [-0.15, -0.1) is 0 Å². The number of ketones is 2. The summed E-state index contributed by atoms with van der Waals surface area (Å²) >= 11 is 0. The Labute approximate surface area is 221 Å². The highest BCUT2D eigenvalue weighted by atomic mass is 16.7. The Hall–Kier alpha value is -2.98. The third kappa shape index (κ3) is 4.71. The van der Waals surface area contributed by atoms with Gasteiger partial charge in [-0.3, -0.25) is 9.59 Å². The van der Waals surface area contributed by atoms with Gasteiger partial charge in [0, 0.05) is 22.3 Å². The number of rotatable bonds is 5. The van der Waals surface area contributed by atoms with E-state index in [-0.39, 0.29) is 40.2 Å². The van der Waals surface area contributed by atoms with Crippen LogP contribution in [0.2, 0.25) is 0 Å². The van der Waals surface area contributed by atoms with Crippen molar-refractivity contribution >= 4 is 11.6 Å². The molecule has 0 saturated carbocycles. The Morgan fingerprint density at radius 3 is 2.18 bits per heavy atom. The number of aromatic hydroxyl groups is 1. The summed E-state index contributed by atoms with van der Waals surface area (Å²) < 4.78 is 21.9. The molecule has 2 aromatic carbocycles.